The Morgan fingerprint density at radius 2 is 2.23 bits per heavy atom. The van der Waals surface area contributed by atoms with Crippen molar-refractivity contribution in [1.82, 2.24) is 5.32 Å². The van der Waals surface area contributed by atoms with Crippen LogP contribution in [0.25, 0.3) is 0 Å². The molecule has 70 valence electrons. The Morgan fingerprint density at radius 1 is 1.46 bits per heavy atom. The van der Waals surface area contributed by atoms with E-state index in [1.807, 2.05) is 0 Å². The molecule has 1 saturated heterocycles. The number of benzene rings is 1. The summed E-state index contributed by atoms with van der Waals surface area (Å²) < 4.78 is 19.3. The topological polar surface area (TPSA) is 21.3 Å². The third kappa shape index (κ3) is 2.00. The molecule has 0 unspecified atom stereocenters. The summed E-state index contributed by atoms with van der Waals surface area (Å²) in [5.74, 6) is 0.0102. The monoisotopic (exact) mass is 245 g/mol. The molecule has 2 nitrogen and oxygen atoms in total. The fraction of sp³-hybridized carbons (Fsp3) is 0.333. The van der Waals surface area contributed by atoms with Gasteiger partial charge in [0, 0.05) is 17.6 Å². The zero-order chi connectivity index (χ0) is 9.26. The fourth-order valence-electron chi connectivity index (χ4n) is 1.10. The van der Waals surface area contributed by atoms with E-state index < -0.39 is 0 Å². The Bertz CT molecular complexity index is 314. The molecule has 1 aliphatic heterocycles. The van der Waals surface area contributed by atoms with E-state index in [-0.39, 0.29) is 11.9 Å². The lowest BCUT2D eigenvalue weighted by Crippen LogP contribution is -2.50. The number of nitrogens with one attached hydrogen (secondary N) is 1. The molecule has 0 spiro atoms. The van der Waals surface area contributed by atoms with E-state index in [0.717, 1.165) is 17.6 Å². The molecule has 1 heterocycles. The molecule has 1 aliphatic rings. The van der Waals surface area contributed by atoms with Crippen LogP contribution in [0.15, 0.2) is 22.7 Å². The van der Waals surface area contributed by atoms with Gasteiger partial charge in [-0.2, -0.15) is 0 Å². The molecule has 2 rings (SSSR count). The average Bonchev–Trinajstić information content (AvgIpc) is 1.99. The molecular weight excluding hydrogens is 237 g/mol. The molecule has 4 heteroatoms. The third-order valence-corrected chi connectivity index (χ3v) is 2.42. The van der Waals surface area contributed by atoms with Crippen LogP contribution in [-0.2, 0) is 0 Å². The van der Waals surface area contributed by atoms with Gasteiger partial charge in [-0.25, -0.2) is 4.39 Å². The number of rotatable bonds is 2. The maximum absolute atomic E-state index is 13.2. The van der Waals surface area contributed by atoms with Crippen LogP contribution >= 0.6 is 15.9 Å². The average molecular weight is 246 g/mol. The number of ether oxygens (including phenoxy) is 1. The molecular formula is C9H9BrFNO. The SMILES string of the molecule is Fc1cc(Br)ccc1OC1CNC1. The second kappa shape index (κ2) is 3.64. The van der Waals surface area contributed by atoms with Crippen molar-refractivity contribution in [3.8, 4) is 5.75 Å². The lowest BCUT2D eigenvalue weighted by atomic mass is 10.2. The highest BCUT2D eigenvalue weighted by molar-refractivity contribution is 9.10. The molecule has 0 radical (unpaired) electrons. The first kappa shape index (κ1) is 8.97. The molecule has 13 heavy (non-hydrogen) atoms. The smallest absolute Gasteiger partial charge is 0.166 e. The van der Waals surface area contributed by atoms with Crippen molar-refractivity contribution in [2.24, 2.45) is 0 Å². The lowest BCUT2D eigenvalue weighted by Gasteiger charge is -2.27. The van der Waals surface area contributed by atoms with E-state index in [1.165, 1.54) is 6.07 Å². The van der Waals surface area contributed by atoms with Gasteiger partial charge in [-0.15, -0.1) is 0 Å². The molecule has 0 bridgehead atoms. The Morgan fingerprint density at radius 3 is 2.77 bits per heavy atom. The summed E-state index contributed by atoms with van der Waals surface area (Å²) in [7, 11) is 0. The molecule has 1 N–H and O–H groups in total. The summed E-state index contributed by atoms with van der Waals surface area (Å²) in [6.45, 7) is 1.60. The summed E-state index contributed by atoms with van der Waals surface area (Å²) in [5, 5.41) is 3.06. The van der Waals surface area contributed by atoms with Crippen LogP contribution in [0.2, 0.25) is 0 Å². The minimum absolute atomic E-state index is 0.121. The van der Waals surface area contributed by atoms with Crippen LogP contribution in [0, 0.1) is 5.82 Å². The zero-order valence-corrected chi connectivity index (χ0v) is 8.47. The molecule has 1 aromatic rings. The number of hydrogen-bond donors (Lipinski definition) is 1. The van der Waals surface area contributed by atoms with Crippen molar-refractivity contribution < 1.29 is 9.13 Å². The van der Waals surface area contributed by atoms with Crippen LogP contribution in [0.1, 0.15) is 0 Å². The van der Waals surface area contributed by atoms with Crippen LogP contribution in [0.3, 0.4) is 0 Å². The van der Waals surface area contributed by atoms with Gasteiger partial charge in [0.15, 0.2) is 11.6 Å². The van der Waals surface area contributed by atoms with Crippen LogP contribution in [0.4, 0.5) is 4.39 Å². The fourth-order valence-corrected chi connectivity index (χ4v) is 1.43. The second-order valence-corrected chi connectivity index (χ2v) is 3.89. The number of halogens is 2. The lowest BCUT2D eigenvalue weighted by molar-refractivity contribution is 0.136. The van der Waals surface area contributed by atoms with Crippen molar-refractivity contribution in [3.05, 3.63) is 28.5 Å². The predicted octanol–water partition coefficient (Wildman–Crippen LogP) is 1.94. The van der Waals surface area contributed by atoms with Crippen molar-refractivity contribution in [2.45, 2.75) is 6.10 Å². The van der Waals surface area contributed by atoms with Crippen LogP contribution in [-0.4, -0.2) is 19.2 Å². The standard InChI is InChI=1S/C9H9BrFNO/c10-6-1-2-9(8(11)3-6)13-7-4-12-5-7/h1-3,7,12H,4-5H2. The maximum Gasteiger partial charge on any atom is 0.166 e. The Hall–Kier alpha value is -0.610. The first-order valence-electron chi connectivity index (χ1n) is 4.08. The van der Waals surface area contributed by atoms with Gasteiger partial charge < -0.3 is 10.1 Å². The van der Waals surface area contributed by atoms with Crippen molar-refractivity contribution in [3.63, 3.8) is 0 Å². The third-order valence-electron chi connectivity index (χ3n) is 1.93. The second-order valence-electron chi connectivity index (χ2n) is 2.97. The van der Waals surface area contributed by atoms with Gasteiger partial charge in [0.1, 0.15) is 6.10 Å². The first-order valence-corrected chi connectivity index (χ1v) is 4.87. The highest BCUT2D eigenvalue weighted by atomic mass is 79.9. The van der Waals surface area contributed by atoms with E-state index in [9.17, 15) is 4.39 Å². The molecule has 0 saturated carbocycles. The summed E-state index contributed by atoms with van der Waals surface area (Å²) in [6.07, 6.45) is 0.121. The van der Waals surface area contributed by atoms with Gasteiger partial charge in [-0.05, 0) is 18.2 Å². The normalized spacial score (nSPS) is 16.8. The Balaban J connectivity index is 2.10. The molecule has 0 atom stereocenters. The predicted molar refractivity (Wildman–Crippen MR) is 51.4 cm³/mol. The van der Waals surface area contributed by atoms with E-state index >= 15 is 0 Å². The quantitative estimate of drug-likeness (QED) is 0.860. The van der Waals surface area contributed by atoms with E-state index in [2.05, 4.69) is 21.2 Å². The van der Waals surface area contributed by atoms with Crippen molar-refractivity contribution >= 4 is 15.9 Å². The van der Waals surface area contributed by atoms with E-state index in [0.29, 0.717) is 5.75 Å². The summed E-state index contributed by atoms with van der Waals surface area (Å²) in [4.78, 5) is 0. The summed E-state index contributed by atoms with van der Waals surface area (Å²) in [5.41, 5.74) is 0. The van der Waals surface area contributed by atoms with Gasteiger partial charge in [-0.1, -0.05) is 15.9 Å². The minimum Gasteiger partial charge on any atom is -0.485 e. The van der Waals surface area contributed by atoms with Gasteiger partial charge in [0.05, 0.1) is 0 Å². The van der Waals surface area contributed by atoms with Crippen molar-refractivity contribution in [2.75, 3.05) is 13.1 Å². The molecule has 0 aromatic heterocycles. The Labute approximate surface area is 84.2 Å². The van der Waals surface area contributed by atoms with Gasteiger partial charge >= 0.3 is 0 Å². The van der Waals surface area contributed by atoms with Crippen LogP contribution in [0.5, 0.6) is 5.75 Å². The molecule has 0 amide bonds. The Kier molecular flexibility index (Phi) is 2.51. The van der Waals surface area contributed by atoms with Gasteiger partial charge in [0.2, 0.25) is 0 Å². The zero-order valence-electron chi connectivity index (χ0n) is 6.89. The largest absolute Gasteiger partial charge is 0.485 e. The highest BCUT2D eigenvalue weighted by Gasteiger charge is 2.19. The maximum atomic E-state index is 13.2. The van der Waals surface area contributed by atoms with E-state index in [4.69, 9.17) is 4.74 Å². The van der Waals surface area contributed by atoms with Gasteiger partial charge in [-0.3, -0.25) is 0 Å². The summed E-state index contributed by atoms with van der Waals surface area (Å²) in [6, 6.07) is 4.81. The first-order chi connectivity index (χ1) is 6.25. The van der Waals surface area contributed by atoms with Crippen LogP contribution < -0.4 is 10.1 Å². The minimum atomic E-state index is -0.318. The van der Waals surface area contributed by atoms with Crippen molar-refractivity contribution in [1.29, 1.82) is 0 Å². The highest BCUT2D eigenvalue weighted by Crippen LogP contribution is 2.22. The molecule has 0 aliphatic carbocycles. The van der Waals surface area contributed by atoms with E-state index in [1.54, 1.807) is 12.1 Å². The molecule has 1 fully saturated rings. The molecule has 1 aromatic carbocycles. The van der Waals surface area contributed by atoms with Gasteiger partial charge in [0.25, 0.3) is 0 Å². The number of hydrogen-bond acceptors (Lipinski definition) is 2. The summed E-state index contributed by atoms with van der Waals surface area (Å²) >= 11 is 3.19.